The van der Waals surface area contributed by atoms with E-state index in [9.17, 15) is 18.0 Å². The number of ether oxygens (including phenoxy) is 1. The molecular weight excluding hydrogens is 431 g/mol. The number of carbonyl (C=O) groups is 1. The van der Waals surface area contributed by atoms with E-state index in [4.69, 9.17) is 10.5 Å². The highest BCUT2D eigenvalue weighted by atomic mass is 35.5. The van der Waals surface area contributed by atoms with Crippen molar-refractivity contribution in [3.05, 3.63) is 65.2 Å². The predicted octanol–water partition coefficient (Wildman–Crippen LogP) is 4.13. The van der Waals surface area contributed by atoms with Gasteiger partial charge in [0, 0.05) is 37.4 Å². The number of amides is 1. The number of nitrogens with two attached hydrogens (primary N) is 1. The number of carbonyl (C=O) groups excluding carboxylic acids is 1. The number of halogens is 4. The maximum Gasteiger partial charge on any atom is 0.410 e. The van der Waals surface area contributed by atoms with E-state index in [-0.39, 0.29) is 30.3 Å². The molecule has 2 aromatic rings. The van der Waals surface area contributed by atoms with Crippen LogP contribution in [0.4, 0.5) is 23.7 Å². The van der Waals surface area contributed by atoms with Crippen LogP contribution in [0.3, 0.4) is 0 Å². The first-order valence-corrected chi connectivity index (χ1v) is 9.92. The second-order valence-electron chi connectivity index (χ2n) is 7.24. The zero-order valence-electron chi connectivity index (χ0n) is 17.1. The van der Waals surface area contributed by atoms with Crippen molar-refractivity contribution in [3.8, 4) is 0 Å². The summed E-state index contributed by atoms with van der Waals surface area (Å²) in [5.41, 5.74) is 7.00. The Labute approximate surface area is 186 Å². The van der Waals surface area contributed by atoms with Crippen LogP contribution in [-0.4, -0.2) is 50.4 Å². The Morgan fingerprint density at radius 3 is 2.32 bits per heavy atom. The van der Waals surface area contributed by atoms with Crippen LogP contribution >= 0.6 is 12.4 Å². The van der Waals surface area contributed by atoms with E-state index in [0.717, 1.165) is 5.56 Å². The molecule has 0 unspecified atom stereocenters. The summed E-state index contributed by atoms with van der Waals surface area (Å²) in [5.74, 6) is -3.58. The monoisotopic (exact) mass is 457 g/mol. The number of alkyl halides is 3. The number of hydrogen-bond donors (Lipinski definition) is 1. The lowest BCUT2D eigenvalue weighted by atomic mass is 10.0. The van der Waals surface area contributed by atoms with Gasteiger partial charge in [-0.3, -0.25) is 0 Å². The highest BCUT2D eigenvalue weighted by Crippen LogP contribution is 2.37. The molecular formula is C22H27ClF3N3O2. The van der Waals surface area contributed by atoms with Gasteiger partial charge in [-0.2, -0.15) is 8.78 Å². The fraction of sp³-hybridized carbons (Fsp3) is 0.409. The van der Waals surface area contributed by atoms with E-state index in [2.05, 4.69) is 0 Å². The summed E-state index contributed by atoms with van der Waals surface area (Å²) in [5, 5.41) is 0. The molecule has 1 amide bonds. The standard InChI is InChI=1S/C22H26F3N3O2.ClH/c23-16-22(24,25)19-14-17(8-9-26)6-7-20(19)27-10-12-28(13-11-27)21(29)30-15-18-4-2-1-3-5-18;/h1-7,14H,8-13,15-16,26H2;1H. The van der Waals surface area contributed by atoms with E-state index in [1.165, 1.54) is 6.07 Å². The fourth-order valence-corrected chi connectivity index (χ4v) is 3.49. The highest BCUT2D eigenvalue weighted by Gasteiger charge is 2.36. The molecule has 5 nitrogen and oxygen atoms in total. The topological polar surface area (TPSA) is 58.8 Å². The van der Waals surface area contributed by atoms with Gasteiger partial charge in [0.15, 0.2) is 6.67 Å². The molecule has 0 saturated carbocycles. The first-order chi connectivity index (χ1) is 14.4. The van der Waals surface area contributed by atoms with Crippen molar-refractivity contribution in [2.45, 2.75) is 19.0 Å². The van der Waals surface area contributed by atoms with Crippen LogP contribution in [0, 0.1) is 0 Å². The van der Waals surface area contributed by atoms with Crippen molar-refractivity contribution in [2.24, 2.45) is 5.73 Å². The summed E-state index contributed by atoms with van der Waals surface area (Å²) < 4.78 is 46.9. The number of hydrogen-bond acceptors (Lipinski definition) is 4. The first-order valence-electron chi connectivity index (χ1n) is 9.92. The van der Waals surface area contributed by atoms with Crippen LogP contribution in [0.2, 0.25) is 0 Å². The van der Waals surface area contributed by atoms with E-state index in [1.807, 2.05) is 30.3 Å². The smallest absolute Gasteiger partial charge is 0.410 e. The van der Waals surface area contributed by atoms with Crippen molar-refractivity contribution < 1.29 is 22.7 Å². The quantitative estimate of drug-likeness (QED) is 0.679. The Morgan fingerprint density at radius 2 is 1.71 bits per heavy atom. The average molecular weight is 458 g/mol. The van der Waals surface area contributed by atoms with Gasteiger partial charge in [0.1, 0.15) is 6.61 Å². The van der Waals surface area contributed by atoms with Crippen LogP contribution in [0.1, 0.15) is 16.7 Å². The Balaban J connectivity index is 0.00000341. The van der Waals surface area contributed by atoms with Crippen LogP contribution in [0.25, 0.3) is 0 Å². The summed E-state index contributed by atoms with van der Waals surface area (Å²) >= 11 is 0. The summed E-state index contributed by atoms with van der Waals surface area (Å²) in [6.45, 7) is 0.104. The van der Waals surface area contributed by atoms with Crippen molar-refractivity contribution in [3.63, 3.8) is 0 Å². The third kappa shape index (κ3) is 6.27. The maximum absolute atomic E-state index is 14.3. The van der Waals surface area contributed by atoms with E-state index < -0.39 is 18.7 Å². The Hall–Kier alpha value is -2.45. The second-order valence-corrected chi connectivity index (χ2v) is 7.24. The minimum Gasteiger partial charge on any atom is -0.445 e. The molecule has 0 bridgehead atoms. The number of rotatable bonds is 7. The average Bonchev–Trinajstić information content (AvgIpc) is 2.78. The van der Waals surface area contributed by atoms with Gasteiger partial charge in [-0.25, -0.2) is 9.18 Å². The molecule has 1 aliphatic heterocycles. The number of benzene rings is 2. The number of piperazine rings is 1. The molecule has 0 aromatic heterocycles. The molecule has 1 saturated heterocycles. The molecule has 2 aromatic carbocycles. The lowest BCUT2D eigenvalue weighted by molar-refractivity contribution is -0.0277. The molecule has 9 heteroatoms. The lowest BCUT2D eigenvalue weighted by Crippen LogP contribution is -2.49. The largest absolute Gasteiger partial charge is 0.445 e. The number of nitrogens with zero attached hydrogens (tertiary/aromatic N) is 2. The number of anilines is 1. The van der Waals surface area contributed by atoms with Crippen LogP contribution in [-0.2, 0) is 23.7 Å². The lowest BCUT2D eigenvalue weighted by Gasteiger charge is -2.37. The molecule has 3 rings (SSSR count). The third-order valence-electron chi connectivity index (χ3n) is 5.14. The van der Waals surface area contributed by atoms with E-state index in [1.54, 1.807) is 21.9 Å². The van der Waals surface area contributed by atoms with Gasteiger partial charge >= 0.3 is 12.0 Å². The molecule has 0 spiro atoms. The zero-order chi connectivity index (χ0) is 21.6. The van der Waals surface area contributed by atoms with Gasteiger partial charge in [0.25, 0.3) is 0 Å². The van der Waals surface area contributed by atoms with Gasteiger partial charge in [-0.15, -0.1) is 12.4 Å². The molecule has 1 heterocycles. The molecule has 2 N–H and O–H groups in total. The molecule has 0 atom stereocenters. The van der Waals surface area contributed by atoms with Crippen molar-refractivity contribution in [1.82, 2.24) is 4.90 Å². The molecule has 1 fully saturated rings. The summed E-state index contributed by atoms with van der Waals surface area (Å²) in [4.78, 5) is 15.6. The first kappa shape index (κ1) is 24.8. The van der Waals surface area contributed by atoms with Crippen LogP contribution in [0.15, 0.2) is 48.5 Å². The normalized spacial score (nSPS) is 14.2. The zero-order valence-corrected chi connectivity index (χ0v) is 17.9. The third-order valence-corrected chi connectivity index (χ3v) is 5.14. The fourth-order valence-electron chi connectivity index (χ4n) is 3.49. The predicted molar refractivity (Wildman–Crippen MR) is 117 cm³/mol. The SMILES string of the molecule is Cl.NCCc1ccc(N2CCN(C(=O)OCc3ccccc3)CC2)c(C(F)(F)CF)c1. The molecule has 0 aliphatic carbocycles. The van der Waals surface area contributed by atoms with Gasteiger partial charge in [0.05, 0.1) is 0 Å². The van der Waals surface area contributed by atoms with Gasteiger partial charge in [-0.05, 0) is 36.2 Å². The molecule has 170 valence electrons. The maximum atomic E-state index is 14.3. The van der Waals surface area contributed by atoms with Gasteiger partial charge in [-0.1, -0.05) is 36.4 Å². The summed E-state index contributed by atoms with van der Waals surface area (Å²) in [6, 6.07) is 14.0. The van der Waals surface area contributed by atoms with Gasteiger partial charge in [0.2, 0.25) is 0 Å². The summed E-state index contributed by atoms with van der Waals surface area (Å²) in [6.07, 6.45) is 0.00236. The van der Waals surface area contributed by atoms with Crippen LogP contribution < -0.4 is 10.6 Å². The van der Waals surface area contributed by atoms with Crippen molar-refractivity contribution >= 4 is 24.2 Å². The molecule has 1 aliphatic rings. The summed E-state index contributed by atoms with van der Waals surface area (Å²) in [7, 11) is 0. The Morgan fingerprint density at radius 1 is 1.03 bits per heavy atom. The minimum absolute atomic E-state index is 0. The van der Waals surface area contributed by atoms with Crippen molar-refractivity contribution in [2.75, 3.05) is 44.3 Å². The van der Waals surface area contributed by atoms with Crippen LogP contribution in [0.5, 0.6) is 0 Å². The molecule has 31 heavy (non-hydrogen) atoms. The van der Waals surface area contributed by atoms with E-state index >= 15 is 0 Å². The van der Waals surface area contributed by atoms with Gasteiger partial charge < -0.3 is 20.3 Å². The van der Waals surface area contributed by atoms with E-state index in [0.29, 0.717) is 44.7 Å². The minimum atomic E-state index is -3.58. The molecule has 0 radical (unpaired) electrons. The van der Waals surface area contributed by atoms with Crippen molar-refractivity contribution in [1.29, 1.82) is 0 Å². The Kier molecular flexibility index (Phi) is 9.00. The highest BCUT2D eigenvalue weighted by molar-refractivity contribution is 5.85. The second kappa shape index (κ2) is 11.2. The Bertz CT molecular complexity index is 847.